The predicted octanol–water partition coefficient (Wildman–Crippen LogP) is 1.62. The summed E-state index contributed by atoms with van der Waals surface area (Å²) in [6, 6.07) is 4.61. The number of benzene rings is 1. The zero-order valence-electron chi connectivity index (χ0n) is 10.9. The van der Waals surface area contributed by atoms with Crippen molar-refractivity contribution in [2.45, 2.75) is 23.8 Å². The van der Waals surface area contributed by atoms with Gasteiger partial charge in [0.1, 0.15) is 5.75 Å². The number of nitrogens with zero attached hydrogens (tertiary/aromatic N) is 1. The van der Waals surface area contributed by atoms with Crippen molar-refractivity contribution < 1.29 is 13.2 Å². The number of rotatable bonds is 6. The van der Waals surface area contributed by atoms with Crippen molar-refractivity contribution in [2.24, 2.45) is 0 Å². The van der Waals surface area contributed by atoms with E-state index in [1.807, 2.05) is 0 Å². The third-order valence-electron chi connectivity index (χ3n) is 3.07. The van der Waals surface area contributed by atoms with Gasteiger partial charge in [-0.05, 0) is 31.0 Å². The van der Waals surface area contributed by atoms with Gasteiger partial charge in [-0.3, -0.25) is 0 Å². The molecule has 1 fully saturated rings. The molecule has 2 N–H and O–H groups in total. The van der Waals surface area contributed by atoms with Gasteiger partial charge in [0.05, 0.1) is 17.7 Å². The van der Waals surface area contributed by atoms with Crippen LogP contribution >= 0.6 is 0 Å². The lowest BCUT2D eigenvalue weighted by Gasteiger charge is -2.20. The highest BCUT2D eigenvalue weighted by molar-refractivity contribution is 7.89. The second-order valence-electron chi connectivity index (χ2n) is 4.50. The van der Waals surface area contributed by atoms with Gasteiger partial charge in [0.2, 0.25) is 10.0 Å². The van der Waals surface area contributed by atoms with Gasteiger partial charge in [-0.2, -0.15) is 4.31 Å². The Bertz CT molecular complexity index is 580. The van der Waals surface area contributed by atoms with Crippen LogP contribution in [0, 0.1) is 0 Å². The molecule has 1 aromatic carbocycles. The summed E-state index contributed by atoms with van der Waals surface area (Å²) in [6.07, 6.45) is 3.40. The summed E-state index contributed by atoms with van der Waals surface area (Å²) in [5.74, 6) is 0.473. The number of methoxy groups -OCH3 is 1. The van der Waals surface area contributed by atoms with Crippen molar-refractivity contribution in [3.05, 3.63) is 30.9 Å². The average Bonchev–Trinajstić information content (AvgIpc) is 3.19. The number of hydrogen-bond donors (Lipinski definition) is 1. The number of sulfonamides is 1. The maximum Gasteiger partial charge on any atom is 0.243 e. The predicted molar refractivity (Wildman–Crippen MR) is 74.5 cm³/mol. The van der Waals surface area contributed by atoms with Gasteiger partial charge in [-0.1, -0.05) is 6.08 Å². The minimum absolute atomic E-state index is 0.0892. The third-order valence-corrected chi connectivity index (χ3v) is 4.99. The number of nitrogen functional groups attached to an aromatic ring is 1. The Kier molecular flexibility index (Phi) is 3.82. The van der Waals surface area contributed by atoms with Gasteiger partial charge in [-0.25, -0.2) is 8.42 Å². The molecule has 0 atom stereocenters. The fourth-order valence-corrected chi connectivity index (χ4v) is 3.63. The molecule has 5 nitrogen and oxygen atoms in total. The summed E-state index contributed by atoms with van der Waals surface area (Å²) in [6.45, 7) is 3.93. The molecule has 19 heavy (non-hydrogen) atoms. The first-order valence-corrected chi connectivity index (χ1v) is 7.51. The van der Waals surface area contributed by atoms with Crippen molar-refractivity contribution >= 4 is 15.7 Å². The Morgan fingerprint density at radius 1 is 1.53 bits per heavy atom. The highest BCUT2D eigenvalue weighted by Crippen LogP contribution is 2.33. The van der Waals surface area contributed by atoms with Crippen LogP contribution in [0.5, 0.6) is 5.75 Å². The van der Waals surface area contributed by atoms with Gasteiger partial charge in [-0.15, -0.1) is 6.58 Å². The standard InChI is InChI=1S/C13H18N2O3S/c1-3-8-15(10-4-5-10)19(16,17)11-6-7-13(18-2)12(14)9-11/h3,6-7,9-10H,1,4-5,8,14H2,2H3. The number of nitrogens with two attached hydrogens (primary N) is 1. The molecule has 0 unspecified atom stereocenters. The minimum Gasteiger partial charge on any atom is -0.495 e. The fraction of sp³-hybridized carbons (Fsp3) is 0.385. The van der Waals surface area contributed by atoms with Gasteiger partial charge in [0.25, 0.3) is 0 Å². The fourth-order valence-electron chi connectivity index (χ4n) is 1.94. The minimum atomic E-state index is -3.52. The third kappa shape index (κ3) is 2.74. The zero-order chi connectivity index (χ0) is 14.0. The van der Waals surface area contributed by atoms with E-state index >= 15 is 0 Å². The topological polar surface area (TPSA) is 72.6 Å². The molecule has 104 valence electrons. The second-order valence-corrected chi connectivity index (χ2v) is 6.39. The van der Waals surface area contributed by atoms with Crippen LogP contribution in [0.15, 0.2) is 35.7 Å². The van der Waals surface area contributed by atoms with E-state index in [1.165, 1.54) is 23.5 Å². The highest BCUT2D eigenvalue weighted by Gasteiger charge is 2.37. The molecule has 2 rings (SSSR count). The van der Waals surface area contributed by atoms with E-state index < -0.39 is 10.0 Å². The summed E-state index contributed by atoms with van der Waals surface area (Å²) >= 11 is 0. The van der Waals surface area contributed by atoms with Crippen LogP contribution < -0.4 is 10.5 Å². The first-order valence-electron chi connectivity index (χ1n) is 6.07. The van der Waals surface area contributed by atoms with Gasteiger partial charge in [0, 0.05) is 12.6 Å². The van der Waals surface area contributed by atoms with Crippen LogP contribution in [-0.2, 0) is 10.0 Å². The highest BCUT2D eigenvalue weighted by atomic mass is 32.2. The Labute approximate surface area is 113 Å². The SMILES string of the molecule is C=CCN(C1CC1)S(=O)(=O)c1ccc(OC)c(N)c1. The van der Waals surface area contributed by atoms with Crippen LogP contribution in [-0.4, -0.2) is 32.4 Å². The Morgan fingerprint density at radius 2 is 2.21 bits per heavy atom. The molecular formula is C13H18N2O3S. The van der Waals surface area contributed by atoms with Gasteiger partial charge in [0.15, 0.2) is 0 Å². The summed E-state index contributed by atoms with van der Waals surface area (Å²) in [4.78, 5) is 0.194. The van der Waals surface area contributed by atoms with E-state index in [-0.39, 0.29) is 10.9 Å². The van der Waals surface area contributed by atoms with Crippen molar-refractivity contribution in [1.82, 2.24) is 4.31 Å². The molecule has 1 aliphatic carbocycles. The molecule has 1 aliphatic rings. The first-order chi connectivity index (χ1) is 9.00. The van der Waals surface area contributed by atoms with E-state index in [1.54, 1.807) is 12.1 Å². The molecular weight excluding hydrogens is 264 g/mol. The maximum absolute atomic E-state index is 12.5. The van der Waals surface area contributed by atoms with Crippen LogP contribution in [0.2, 0.25) is 0 Å². The molecule has 0 radical (unpaired) electrons. The van der Waals surface area contributed by atoms with E-state index in [2.05, 4.69) is 6.58 Å². The average molecular weight is 282 g/mol. The quantitative estimate of drug-likeness (QED) is 0.635. The van der Waals surface area contributed by atoms with E-state index in [9.17, 15) is 8.42 Å². The zero-order valence-corrected chi connectivity index (χ0v) is 11.7. The first kappa shape index (κ1) is 13.9. The largest absolute Gasteiger partial charge is 0.495 e. The van der Waals surface area contributed by atoms with Crippen LogP contribution in [0.3, 0.4) is 0 Å². The molecule has 6 heteroatoms. The number of hydrogen-bond acceptors (Lipinski definition) is 4. The van der Waals surface area contributed by atoms with Crippen LogP contribution in [0.4, 0.5) is 5.69 Å². The normalized spacial score (nSPS) is 15.5. The van der Waals surface area contributed by atoms with Crippen molar-refractivity contribution in [2.75, 3.05) is 19.4 Å². The molecule has 0 aromatic heterocycles. The lowest BCUT2D eigenvalue weighted by molar-refractivity contribution is 0.416. The lowest BCUT2D eigenvalue weighted by Crippen LogP contribution is -2.33. The summed E-state index contributed by atoms with van der Waals surface area (Å²) in [7, 11) is -2.03. The monoisotopic (exact) mass is 282 g/mol. The van der Waals surface area contributed by atoms with Crippen molar-refractivity contribution in [3.8, 4) is 5.75 Å². The summed E-state index contributed by atoms with van der Waals surface area (Å²) in [5.41, 5.74) is 6.08. The van der Waals surface area contributed by atoms with Gasteiger partial charge < -0.3 is 10.5 Å². The van der Waals surface area contributed by atoms with Crippen molar-refractivity contribution in [1.29, 1.82) is 0 Å². The summed E-state index contributed by atoms with van der Waals surface area (Å²) < 4.78 is 31.6. The van der Waals surface area contributed by atoms with E-state index in [4.69, 9.17) is 10.5 Å². The summed E-state index contributed by atoms with van der Waals surface area (Å²) in [5, 5.41) is 0. The smallest absolute Gasteiger partial charge is 0.243 e. The number of anilines is 1. The molecule has 0 saturated heterocycles. The van der Waals surface area contributed by atoms with Crippen molar-refractivity contribution in [3.63, 3.8) is 0 Å². The number of ether oxygens (including phenoxy) is 1. The molecule has 1 saturated carbocycles. The molecule has 0 aliphatic heterocycles. The Morgan fingerprint density at radius 3 is 2.68 bits per heavy atom. The van der Waals surface area contributed by atoms with Crippen LogP contribution in [0.25, 0.3) is 0 Å². The van der Waals surface area contributed by atoms with Crippen LogP contribution in [0.1, 0.15) is 12.8 Å². The Hall–Kier alpha value is -1.53. The maximum atomic E-state index is 12.5. The Balaban J connectivity index is 2.37. The molecule has 0 bridgehead atoms. The molecule has 0 heterocycles. The van der Waals surface area contributed by atoms with Gasteiger partial charge >= 0.3 is 0 Å². The molecule has 0 spiro atoms. The second kappa shape index (κ2) is 5.22. The molecule has 1 aromatic rings. The van der Waals surface area contributed by atoms with E-state index in [0.29, 0.717) is 18.0 Å². The van der Waals surface area contributed by atoms with E-state index in [0.717, 1.165) is 12.8 Å². The molecule has 0 amide bonds. The lowest BCUT2D eigenvalue weighted by atomic mass is 10.3.